The number of urea groups is 1. The highest BCUT2D eigenvalue weighted by Gasteiger charge is 2.29. The number of rotatable bonds is 5. The predicted molar refractivity (Wildman–Crippen MR) is 141 cm³/mol. The van der Waals surface area contributed by atoms with E-state index in [0.29, 0.717) is 43.5 Å². The van der Waals surface area contributed by atoms with E-state index in [1.54, 1.807) is 0 Å². The lowest BCUT2D eigenvalue weighted by Crippen LogP contribution is -2.54. The van der Waals surface area contributed by atoms with E-state index >= 15 is 0 Å². The van der Waals surface area contributed by atoms with Gasteiger partial charge in [0.1, 0.15) is 0 Å². The topological polar surface area (TPSA) is 85.0 Å². The maximum absolute atomic E-state index is 13.6. The van der Waals surface area contributed by atoms with Crippen LogP contribution >= 0.6 is 0 Å². The van der Waals surface area contributed by atoms with Gasteiger partial charge in [0.2, 0.25) is 5.91 Å². The lowest BCUT2D eigenvalue weighted by molar-refractivity contribution is -0.122. The summed E-state index contributed by atoms with van der Waals surface area (Å²) in [7, 11) is 0. The normalized spacial score (nSPS) is 21.6. The highest BCUT2D eigenvalue weighted by atomic mass is 16.2. The van der Waals surface area contributed by atoms with Crippen LogP contribution in [0.25, 0.3) is 0 Å². The van der Waals surface area contributed by atoms with Gasteiger partial charge in [0.25, 0.3) is 5.91 Å². The van der Waals surface area contributed by atoms with Crippen molar-refractivity contribution in [3.8, 4) is 0 Å². The fourth-order valence-corrected chi connectivity index (χ4v) is 5.91. The summed E-state index contributed by atoms with van der Waals surface area (Å²) in [6, 6.07) is 6.11. The van der Waals surface area contributed by atoms with Crippen LogP contribution in [0.5, 0.6) is 0 Å². The second-order valence-corrected chi connectivity index (χ2v) is 11.0. The largest absolute Gasteiger partial charge is 0.367 e. The highest BCUT2D eigenvalue weighted by molar-refractivity contribution is 6.02. The van der Waals surface area contributed by atoms with Gasteiger partial charge in [0, 0.05) is 62.6 Å². The number of carbonyl (C=O) groups excluding carboxylic acids is 3. The monoisotopic (exact) mass is 495 g/mol. The number of nitrogens with one attached hydrogen (secondary N) is 2. The van der Waals surface area contributed by atoms with Crippen LogP contribution in [0.15, 0.2) is 18.2 Å². The van der Waals surface area contributed by atoms with E-state index in [2.05, 4.69) is 15.5 Å². The predicted octanol–water partition coefficient (Wildman–Crippen LogP) is 4.22. The maximum Gasteiger partial charge on any atom is 0.317 e. The summed E-state index contributed by atoms with van der Waals surface area (Å²) in [5.41, 5.74) is 2.25. The average molecular weight is 496 g/mol. The molecule has 0 spiro atoms. The fourth-order valence-electron chi connectivity index (χ4n) is 5.91. The number of piperidine rings is 1. The Hall–Kier alpha value is -2.77. The van der Waals surface area contributed by atoms with Crippen molar-refractivity contribution >= 4 is 29.2 Å². The lowest BCUT2D eigenvalue weighted by atomic mass is 9.85. The zero-order valence-corrected chi connectivity index (χ0v) is 21.5. The van der Waals surface area contributed by atoms with Crippen LogP contribution in [-0.2, 0) is 4.79 Å². The van der Waals surface area contributed by atoms with E-state index in [0.717, 1.165) is 63.7 Å². The molecule has 4 amide bonds. The Morgan fingerprint density at radius 3 is 2.08 bits per heavy atom. The zero-order chi connectivity index (χ0) is 24.9. The molecule has 2 aliphatic carbocycles. The summed E-state index contributed by atoms with van der Waals surface area (Å²) in [4.78, 5) is 45.1. The van der Waals surface area contributed by atoms with E-state index in [9.17, 15) is 14.4 Å². The van der Waals surface area contributed by atoms with Crippen molar-refractivity contribution in [3.63, 3.8) is 0 Å². The minimum atomic E-state index is 0.0419. The Balaban J connectivity index is 1.27. The summed E-state index contributed by atoms with van der Waals surface area (Å²) in [5.74, 6) is 0.198. The molecule has 2 aliphatic heterocycles. The summed E-state index contributed by atoms with van der Waals surface area (Å²) < 4.78 is 0. The van der Waals surface area contributed by atoms with Crippen LogP contribution in [0.3, 0.4) is 0 Å². The third kappa shape index (κ3) is 5.79. The van der Waals surface area contributed by atoms with Crippen LogP contribution < -0.4 is 15.5 Å². The molecule has 1 aromatic carbocycles. The van der Waals surface area contributed by atoms with E-state index in [1.165, 1.54) is 25.7 Å². The van der Waals surface area contributed by atoms with Crippen LogP contribution in [0, 0.1) is 5.92 Å². The number of amides is 4. The molecule has 2 heterocycles. The number of benzene rings is 1. The molecule has 5 rings (SSSR count). The van der Waals surface area contributed by atoms with E-state index in [1.807, 2.05) is 28.0 Å². The summed E-state index contributed by atoms with van der Waals surface area (Å²) in [6.45, 7) is 4.21. The Morgan fingerprint density at radius 2 is 1.42 bits per heavy atom. The van der Waals surface area contributed by atoms with E-state index in [-0.39, 0.29) is 23.8 Å². The highest BCUT2D eigenvalue weighted by Crippen LogP contribution is 2.31. The number of piperazine rings is 1. The Morgan fingerprint density at radius 1 is 0.722 bits per heavy atom. The molecule has 2 saturated heterocycles. The Labute approximate surface area is 214 Å². The summed E-state index contributed by atoms with van der Waals surface area (Å²) in [5, 5.41) is 6.27. The van der Waals surface area contributed by atoms with Gasteiger partial charge in [-0.2, -0.15) is 0 Å². The minimum Gasteiger partial charge on any atom is -0.367 e. The van der Waals surface area contributed by atoms with Gasteiger partial charge in [-0.15, -0.1) is 0 Å². The van der Waals surface area contributed by atoms with Gasteiger partial charge < -0.3 is 25.3 Å². The van der Waals surface area contributed by atoms with Crippen molar-refractivity contribution in [2.75, 3.05) is 49.5 Å². The van der Waals surface area contributed by atoms with Crippen molar-refractivity contribution in [2.45, 2.75) is 76.7 Å². The Kier molecular flexibility index (Phi) is 7.97. The van der Waals surface area contributed by atoms with Gasteiger partial charge in [0.15, 0.2) is 0 Å². The molecular formula is C28H41N5O3. The molecule has 4 aliphatic rings. The summed E-state index contributed by atoms with van der Waals surface area (Å²) >= 11 is 0. The molecule has 0 aromatic heterocycles. The summed E-state index contributed by atoms with van der Waals surface area (Å²) in [6.07, 6.45) is 12.1. The maximum atomic E-state index is 13.6. The SMILES string of the molecule is O=C(Nc1ccc(N2CCN(C(=O)NC3CCCCC3)CC2)c(C(=O)N2CCCCC2)c1)C1CCC1. The van der Waals surface area contributed by atoms with Crippen molar-refractivity contribution < 1.29 is 14.4 Å². The Bertz CT molecular complexity index is 943. The third-order valence-corrected chi connectivity index (χ3v) is 8.45. The average Bonchev–Trinajstić information content (AvgIpc) is 2.88. The number of likely N-dealkylation sites (tertiary alicyclic amines) is 1. The molecule has 2 N–H and O–H groups in total. The lowest BCUT2D eigenvalue weighted by Gasteiger charge is -2.38. The molecule has 0 bridgehead atoms. The molecule has 4 fully saturated rings. The number of carbonyl (C=O) groups is 3. The quantitative estimate of drug-likeness (QED) is 0.641. The van der Waals surface area contributed by atoms with Crippen LogP contribution in [0.2, 0.25) is 0 Å². The van der Waals surface area contributed by atoms with Gasteiger partial charge in [0.05, 0.1) is 5.56 Å². The molecule has 8 nitrogen and oxygen atoms in total. The molecule has 196 valence electrons. The minimum absolute atomic E-state index is 0.0419. The van der Waals surface area contributed by atoms with E-state index in [4.69, 9.17) is 0 Å². The molecule has 0 radical (unpaired) electrons. The fraction of sp³-hybridized carbons (Fsp3) is 0.679. The second kappa shape index (κ2) is 11.5. The first-order valence-corrected chi connectivity index (χ1v) is 14.1. The first-order valence-electron chi connectivity index (χ1n) is 14.1. The molecule has 0 atom stereocenters. The van der Waals surface area contributed by atoms with Crippen molar-refractivity contribution in [3.05, 3.63) is 23.8 Å². The van der Waals surface area contributed by atoms with Crippen LogP contribution in [0.1, 0.15) is 81.0 Å². The van der Waals surface area contributed by atoms with Gasteiger partial charge in [-0.05, 0) is 63.1 Å². The van der Waals surface area contributed by atoms with Crippen molar-refractivity contribution in [1.29, 1.82) is 0 Å². The zero-order valence-electron chi connectivity index (χ0n) is 21.5. The van der Waals surface area contributed by atoms with Crippen LogP contribution in [0.4, 0.5) is 16.2 Å². The van der Waals surface area contributed by atoms with Gasteiger partial charge in [-0.25, -0.2) is 4.79 Å². The van der Waals surface area contributed by atoms with Crippen LogP contribution in [-0.4, -0.2) is 73.0 Å². The van der Waals surface area contributed by atoms with Crippen molar-refractivity contribution in [1.82, 2.24) is 15.1 Å². The van der Waals surface area contributed by atoms with E-state index < -0.39 is 0 Å². The first-order chi connectivity index (χ1) is 17.6. The number of anilines is 2. The molecule has 8 heteroatoms. The smallest absolute Gasteiger partial charge is 0.317 e. The number of hydrogen-bond donors (Lipinski definition) is 2. The standard InChI is InChI=1S/C28H41N5O3/c34-26(21-8-7-9-21)29-23-12-13-25(24(20-23)27(35)32-14-5-2-6-15-32)31-16-18-33(19-17-31)28(36)30-22-10-3-1-4-11-22/h12-13,20-22H,1-11,14-19H2,(H,29,34)(H,30,36). The van der Waals surface area contributed by atoms with Crippen molar-refractivity contribution in [2.24, 2.45) is 5.92 Å². The van der Waals surface area contributed by atoms with Gasteiger partial charge >= 0.3 is 6.03 Å². The number of hydrogen-bond acceptors (Lipinski definition) is 4. The van der Waals surface area contributed by atoms with Gasteiger partial charge in [-0.1, -0.05) is 25.7 Å². The molecule has 36 heavy (non-hydrogen) atoms. The number of nitrogens with zero attached hydrogens (tertiary/aromatic N) is 3. The van der Waals surface area contributed by atoms with Gasteiger partial charge in [-0.3, -0.25) is 9.59 Å². The molecule has 2 saturated carbocycles. The molecular weight excluding hydrogens is 454 g/mol. The first kappa shape index (κ1) is 24.9. The molecule has 0 unspecified atom stereocenters. The molecule has 1 aromatic rings. The second-order valence-electron chi connectivity index (χ2n) is 11.0. The third-order valence-electron chi connectivity index (χ3n) is 8.45.